The standard InChI is InChI=1S/C15H21FN2O3/c1-4-17-14(19)10-18(5-2)15(20)11(3)21-13-8-6-7-12(16)9-13/h6-9,11H,4-5,10H2,1-3H3,(H,17,19). The van der Waals surface area contributed by atoms with Gasteiger partial charge in [-0.3, -0.25) is 9.59 Å². The van der Waals surface area contributed by atoms with Crippen LogP contribution in [0.3, 0.4) is 0 Å². The van der Waals surface area contributed by atoms with Crippen molar-refractivity contribution in [1.29, 1.82) is 0 Å². The fourth-order valence-corrected chi connectivity index (χ4v) is 1.82. The topological polar surface area (TPSA) is 58.6 Å². The molecule has 2 amide bonds. The first-order valence-electron chi connectivity index (χ1n) is 6.95. The highest BCUT2D eigenvalue weighted by Gasteiger charge is 2.22. The van der Waals surface area contributed by atoms with Crippen LogP contribution in [-0.2, 0) is 9.59 Å². The van der Waals surface area contributed by atoms with Crippen LogP contribution < -0.4 is 10.1 Å². The Hall–Kier alpha value is -2.11. The van der Waals surface area contributed by atoms with E-state index in [9.17, 15) is 14.0 Å². The second-order valence-corrected chi connectivity index (χ2v) is 4.52. The summed E-state index contributed by atoms with van der Waals surface area (Å²) in [4.78, 5) is 25.2. The minimum Gasteiger partial charge on any atom is -0.481 e. The molecule has 1 atom stereocenters. The third-order valence-corrected chi connectivity index (χ3v) is 2.86. The summed E-state index contributed by atoms with van der Waals surface area (Å²) in [7, 11) is 0. The summed E-state index contributed by atoms with van der Waals surface area (Å²) < 4.78 is 18.5. The Morgan fingerprint density at radius 2 is 2.10 bits per heavy atom. The Bertz CT molecular complexity index is 494. The minimum absolute atomic E-state index is 0.0139. The van der Waals surface area contributed by atoms with Crippen molar-refractivity contribution in [1.82, 2.24) is 10.2 Å². The summed E-state index contributed by atoms with van der Waals surface area (Å²) in [6.45, 7) is 6.07. The molecule has 0 heterocycles. The molecular formula is C15H21FN2O3. The first-order valence-corrected chi connectivity index (χ1v) is 6.95. The third-order valence-electron chi connectivity index (χ3n) is 2.86. The van der Waals surface area contributed by atoms with Crippen LogP contribution in [0.2, 0.25) is 0 Å². The molecule has 0 radical (unpaired) electrons. The molecule has 1 N–H and O–H groups in total. The first-order chi connectivity index (χ1) is 9.97. The molecule has 0 aromatic heterocycles. The minimum atomic E-state index is -0.791. The molecule has 0 fully saturated rings. The number of ether oxygens (including phenoxy) is 1. The number of likely N-dealkylation sites (N-methyl/N-ethyl adjacent to an activating group) is 2. The van der Waals surface area contributed by atoms with Crippen LogP contribution in [0, 0.1) is 5.82 Å². The molecule has 116 valence electrons. The zero-order valence-electron chi connectivity index (χ0n) is 12.6. The van der Waals surface area contributed by atoms with E-state index in [0.29, 0.717) is 13.1 Å². The number of nitrogens with zero attached hydrogens (tertiary/aromatic N) is 1. The molecule has 0 aliphatic rings. The van der Waals surface area contributed by atoms with Crippen LogP contribution >= 0.6 is 0 Å². The molecule has 1 rings (SSSR count). The van der Waals surface area contributed by atoms with E-state index in [4.69, 9.17) is 4.74 Å². The third kappa shape index (κ3) is 5.41. The summed E-state index contributed by atoms with van der Waals surface area (Å²) >= 11 is 0. The Balaban J connectivity index is 2.64. The van der Waals surface area contributed by atoms with Gasteiger partial charge in [0.2, 0.25) is 5.91 Å². The number of halogens is 1. The first kappa shape index (κ1) is 16.9. The highest BCUT2D eigenvalue weighted by Crippen LogP contribution is 2.14. The average molecular weight is 296 g/mol. The summed E-state index contributed by atoms with van der Waals surface area (Å²) in [6.07, 6.45) is -0.791. The van der Waals surface area contributed by atoms with E-state index in [2.05, 4.69) is 5.32 Å². The van der Waals surface area contributed by atoms with Gasteiger partial charge >= 0.3 is 0 Å². The van der Waals surface area contributed by atoms with Crippen LogP contribution in [-0.4, -0.2) is 42.5 Å². The number of nitrogens with one attached hydrogen (secondary N) is 1. The van der Waals surface area contributed by atoms with Gasteiger partial charge in [0.05, 0.1) is 6.54 Å². The Labute approximate surface area is 124 Å². The van der Waals surface area contributed by atoms with Gasteiger partial charge in [-0.2, -0.15) is 0 Å². The molecule has 1 unspecified atom stereocenters. The number of hydrogen-bond acceptors (Lipinski definition) is 3. The van der Waals surface area contributed by atoms with Gasteiger partial charge in [-0.05, 0) is 32.9 Å². The number of carbonyl (C=O) groups is 2. The average Bonchev–Trinajstić information content (AvgIpc) is 2.44. The smallest absolute Gasteiger partial charge is 0.263 e. The molecule has 21 heavy (non-hydrogen) atoms. The predicted molar refractivity (Wildman–Crippen MR) is 77.4 cm³/mol. The van der Waals surface area contributed by atoms with Crippen LogP contribution in [0.4, 0.5) is 4.39 Å². The molecule has 5 nitrogen and oxygen atoms in total. The molecule has 0 spiro atoms. The van der Waals surface area contributed by atoms with Gasteiger partial charge < -0.3 is 15.0 Å². The lowest BCUT2D eigenvalue weighted by Crippen LogP contribution is -2.45. The summed E-state index contributed by atoms with van der Waals surface area (Å²) in [5.41, 5.74) is 0. The highest BCUT2D eigenvalue weighted by molar-refractivity contribution is 5.86. The number of rotatable bonds is 7. The van der Waals surface area contributed by atoms with Crippen molar-refractivity contribution in [2.24, 2.45) is 0 Å². The maximum atomic E-state index is 13.1. The van der Waals surface area contributed by atoms with E-state index in [1.807, 2.05) is 6.92 Å². The number of amides is 2. The molecule has 0 aliphatic carbocycles. The molecular weight excluding hydrogens is 275 g/mol. The Kier molecular flexibility index (Phi) is 6.65. The van der Waals surface area contributed by atoms with Crippen molar-refractivity contribution < 1.29 is 18.7 Å². The summed E-state index contributed by atoms with van der Waals surface area (Å²) in [6, 6.07) is 5.59. The van der Waals surface area contributed by atoms with Gasteiger partial charge in [-0.15, -0.1) is 0 Å². The Morgan fingerprint density at radius 1 is 1.38 bits per heavy atom. The molecule has 0 saturated carbocycles. The van der Waals surface area contributed by atoms with Crippen molar-refractivity contribution in [3.05, 3.63) is 30.1 Å². The monoisotopic (exact) mass is 296 g/mol. The predicted octanol–water partition coefficient (Wildman–Crippen LogP) is 1.58. The quantitative estimate of drug-likeness (QED) is 0.831. The molecule has 0 bridgehead atoms. The highest BCUT2D eigenvalue weighted by atomic mass is 19.1. The maximum absolute atomic E-state index is 13.1. The van der Waals surface area contributed by atoms with Gasteiger partial charge in [-0.25, -0.2) is 4.39 Å². The lowest BCUT2D eigenvalue weighted by atomic mass is 10.3. The molecule has 6 heteroatoms. The van der Waals surface area contributed by atoms with Gasteiger partial charge in [0.15, 0.2) is 6.10 Å². The second-order valence-electron chi connectivity index (χ2n) is 4.52. The van der Waals surface area contributed by atoms with E-state index in [0.717, 1.165) is 0 Å². The second kappa shape index (κ2) is 8.24. The van der Waals surface area contributed by atoms with Crippen LogP contribution in [0.1, 0.15) is 20.8 Å². The van der Waals surface area contributed by atoms with Crippen molar-refractivity contribution in [2.75, 3.05) is 19.6 Å². The van der Waals surface area contributed by atoms with Crippen molar-refractivity contribution in [3.8, 4) is 5.75 Å². The molecule has 0 saturated heterocycles. The van der Waals surface area contributed by atoms with E-state index in [1.165, 1.54) is 23.1 Å². The fourth-order valence-electron chi connectivity index (χ4n) is 1.82. The Morgan fingerprint density at radius 3 is 2.67 bits per heavy atom. The largest absolute Gasteiger partial charge is 0.481 e. The molecule has 1 aromatic carbocycles. The number of hydrogen-bond donors (Lipinski definition) is 1. The maximum Gasteiger partial charge on any atom is 0.263 e. The fraction of sp³-hybridized carbons (Fsp3) is 0.467. The van der Waals surface area contributed by atoms with Crippen molar-refractivity contribution >= 4 is 11.8 Å². The summed E-state index contributed by atoms with van der Waals surface area (Å²) in [5, 5.41) is 2.64. The zero-order valence-corrected chi connectivity index (χ0v) is 12.6. The van der Waals surface area contributed by atoms with Gasteiger partial charge in [0.25, 0.3) is 5.91 Å². The normalized spacial score (nSPS) is 11.6. The van der Waals surface area contributed by atoms with E-state index in [-0.39, 0.29) is 24.1 Å². The van der Waals surface area contributed by atoms with E-state index < -0.39 is 11.9 Å². The van der Waals surface area contributed by atoms with Gasteiger partial charge in [-0.1, -0.05) is 6.07 Å². The zero-order chi connectivity index (χ0) is 15.8. The lowest BCUT2D eigenvalue weighted by Gasteiger charge is -2.24. The number of carbonyl (C=O) groups excluding carboxylic acids is 2. The van der Waals surface area contributed by atoms with Crippen LogP contribution in [0.15, 0.2) is 24.3 Å². The van der Waals surface area contributed by atoms with Gasteiger partial charge in [0, 0.05) is 19.2 Å². The molecule has 1 aromatic rings. The van der Waals surface area contributed by atoms with Crippen LogP contribution in [0.5, 0.6) is 5.75 Å². The van der Waals surface area contributed by atoms with Crippen LogP contribution in [0.25, 0.3) is 0 Å². The summed E-state index contributed by atoms with van der Waals surface area (Å²) in [5.74, 6) is -0.676. The van der Waals surface area contributed by atoms with Gasteiger partial charge in [0.1, 0.15) is 11.6 Å². The van der Waals surface area contributed by atoms with E-state index >= 15 is 0 Å². The van der Waals surface area contributed by atoms with Crippen molar-refractivity contribution in [3.63, 3.8) is 0 Å². The molecule has 0 aliphatic heterocycles. The van der Waals surface area contributed by atoms with Crippen molar-refractivity contribution in [2.45, 2.75) is 26.9 Å². The SMILES string of the molecule is CCNC(=O)CN(CC)C(=O)C(C)Oc1cccc(F)c1. The number of benzene rings is 1. The van der Waals surface area contributed by atoms with E-state index in [1.54, 1.807) is 19.9 Å². The lowest BCUT2D eigenvalue weighted by molar-refractivity contribution is -0.141.